The summed E-state index contributed by atoms with van der Waals surface area (Å²) in [7, 11) is 0. The molecule has 4 nitrogen and oxygen atoms in total. The number of carbonyl (C=O) groups excluding carboxylic acids is 1. The van der Waals surface area contributed by atoms with Crippen molar-refractivity contribution < 1.29 is 4.79 Å². The molecule has 1 aromatic heterocycles. The number of rotatable bonds is 3. The highest BCUT2D eigenvalue weighted by Crippen LogP contribution is 2.26. The van der Waals surface area contributed by atoms with Crippen molar-refractivity contribution in [2.75, 3.05) is 5.73 Å². The Hall–Kier alpha value is -1.58. The lowest BCUT2D eigenvalue weighted by molar-refractivity contribution is 0.0919. The number of aromatic nitrogens is 1. The van der Waals surface area contributed by atoms with Gasteiger partial charge in [-0.1, -0.05) is 26.2 Å². The average Bonchev–Trinajstić information content (AvgIpc) is 2.39. The van der Waals surface area contributed by atoms with Crippen molar-refractivity contribution in [2.45, 2.75) is 45.1 Å². The molecule has 0 saturated heterocycles. The molecule has 1 saturated carbocycles. The lowest BCUT2D eigenvalue weighted by atomic mass is 9.84. The highest BCUT2D eigenvalue weighted by Gasteiger charge is 2.23. The number of pyridine rings is 1. The highest BCUT2D eigenvalue weighted by molar-refractivity contribution is 5.98. The molecule has 1 heterocycles. The van der Waals surface area contributed by atoms with Crippen LogP contribution in [0.15, 0.2) is 18.5 Å². The minimum atomic E-state index is -0.0950. The topological polar surface area (TPSA) is 68.0 Å². The van der Waals surface area contributed by atoms with Crippen LogP contribution in [0.4, 0.5) is 5.69 Å². The maximum Gasteiger partial charge on any atom is 0.255 e. The SMILES string of the molecule is CCC1CCCC(NC(=O)c2cnccc2N)C1. The largest absolute Gasteiger partial charge is 0.398 e. The molecule has 1 aliphatic rings. The van der Waals surface area contributed by atoms with Gasteiger partial charge in [-0.2, -0.15) is 0 Å². The van der Waals surface area contributed by atoms with Crippen molar-refractivity contribution >= 4 is 11.6 Å². The number of hydrogen-bond donors (Lipinski definition) is 2. The Morgan fingerprint density at radius 2 is 2.39 bits per heavy atom. The number of nitrogens with two attached hydrogens (primary N) is 1. The van der Waals surface area contributed by atoms with Gasteiger partial charge in [0.1, 0.15) is 0 Å². The molecule has 3 N–H and O–H groups in total. The van der Waals surface area contributed by atoms with E-state index in [4.69, 9.17) is 5.73 Å². The van der Waals surface area contributed by atoms with Crippen molar-refractivity contribution in [3.8, 4) is 0 Å². The molecule has 4 heteroatoms. The zero-order valence-electron chi connectivity index (χ0n) is 10.9. The standard InChI is InChI=1S/C14H21N3O/c1-2-10-4-3-5-11(8-10)17-14(18)12-9-16-7-6-13(12)15/h6-7,9-11H,2-5,8H2,1H3,(H2,15,16)(H,17,18). The summed E-state index contributed by atoms with van der Waals surface area (Å²) in [6.45, 7) is 2.22. The van der Waals surface area contributed by atoms with Crippen LogP contribution >= 0.6 is 0 Å². The van der Waals surface area contributed by atoms with Crippen LogP contribution in [-0.2, 0) is 0 Å². The van der Waals surface area contributed by atoms with Gasteiger partial charge in [-0.25, -0.2) is 0 Å². The summed E-state index contributed by atoms with van der Waals surface area (Å²) in [5, 5.41) is 3.08. The van der Waals surface area contributed by atoms with E-state index < -0.39 is 0 Å². The maximum absolute atomic E-state index is 12.1. The van der Waals surface area contributed by atoms with E-state index in [0.29, 0.717) is 11.3 Å². The van der Waals surface area contributed by atoms with Crippen molar-refractivity contribution in [1.82, 2.24) is 10.3 Å². The molecular weight excluding hydrogens is 226 g/mol. The van der Waals surface area contributed by atoms with Crippen LogP contribution in [0.2, 0.25) is 0 Å². The fourth-order valence-electron chi connectivity index (χ4n) is 2.65. The number of hydrogen-bond acceptors (Lipinski definition) is 3. The number of nitrogens with zero attached hydrogens (tertiary/aromatic N) is 1. The Morgan fingerprint density at radius 1 is 1.56 bits per heavy atom. The molecule has 1 aromatic rings. The summed E-state index contributed by atoms with van der Waals surface area (Å²) in [6.07, 6.45) is 8.97. The third-order valence-electron chi connectivity index (χ3n) is 3.79. The lowest BCUT2D eigenvalue weighted by Gasteiger charge is -2.29. The van der Waals surface area contributed by atoms with Gasteiger partial charge in [-0.3, -0.25) is 9.78 Å². The quantitative estimate of drug-likeness (QED) is 0.861. The van der Waals surface area contributed by atoms with Gasteiger partial charge in [-0.05, 0) is 24.8 Å². The third kappa shape index (κ3) is 3.00. The molecule has 1 fully saturated rings. The van der Waals surface area contributed by atoms with E-state index in [1.165, 1.54) is 25.5 Å². The molecule has 2 unspecified atom stereocenters. The van der Waals surface area contributed by atoms with Crippen LogP contribution in [0.3, 0.4) is 0 Å². The first-order chi connectivity index (χ1) is 8.70. The van der Waals surface area contributed by atoms with Crippen molar-refractivity contribution in [3.05, 3.63) is 24.0 Å². The number of nitrogens with one attached hydrogen (secondary N) is 1. The Kier molecular flexibility index (Phi) is 4.18. The molecule has 0 bridgehead atoms. The number of amides is 1. The zero-order valence-corrected chi connectivity index (χ0v) is 10.9. The Bertz CT molecular complexity index is 419. The van der Waals surface area contributed by atoms with Gasteiger partial charge in [0.2, 0.25) is 0 Å². The monoisotopic (exact) mass is 247 g/mol. The second-order valence-electron chi connectivity index (χ2n) is 5.07. The molecular formula is C14H21N3O. The summed E-state index contributed by atoms with van der Waals surface area (Å²) >= 11 is 0. The van der Waals surface area contributed by atoms with E-state index >= 15 is 0 Å². The molecule has 1 amide bonds. The molecule has 2 atom stereocenters. The average molecular weight is 247 g/mol. The number of anilines is 1. The van der Waals surface area contributed by atoms with E-state index in [2.05, 4.69) is 17.2 Å². The summed E-state index contributed by atoms with van der Waals surface area (Å²) in [6, 6.07) is 1.95. The molecule has 0 aliphatic heterocycles. The minimum absolute atomic E-state index is 0.0950. The third-order valence-corrected chi connectivity index (χ3v) is 3.79. The van der Waals surface area contributed by atoms with Gasteiger partial charge in [0.25, 0.3) is 5.91 Å². The first-order valence-corrected chi connectivity index (χ1v) is 6.71. The second-order valence-corrected chi connectivity index (χ2v) is 5.07. The van der Waals surface area contributed by atoms with Gasteiger partial charge in [0.05, 0.1) is 5.56 Å². The van der Waals surface area contributed by atoms with E-state index in [9.17, 15) is 4.79 Å². The summed E-state index contributed by atoms with van der Waals surface area (Å²) in [4.78, 5) is 16.0. The fourth-order valence-corrected chi connectivity index (χ4v) is 2.65. The van der Waals surface area contributed by atoms with Gasteiger partial charge in [-0.15, -0.1) is 0 Å². The molecule has 2 rings (SSSR count). The van der Waals surface area contributed by atoms with E-state index in [1.807, 2.05) is 0 Å². The predicted molar refractivity (Wildman–Crippen MR) is 72.2 cm³/mol. The van der Waals surface area contributed by atoms with Crippen LogP contribution in [0.5, 0.6) is 0 Å². The van der Waals surface area contributed by atoms with Gasteiger partial charge in [0, 0.05) is 24.1 Å². The molecule has 1 aliphatic carbocycles. The van der Waals surface area contributed by atoms with Crippen LogP contribution in [-0.4, -0.2) is 16.9 Å². The van der Waals surface area contributed by atoms with Crippen molar-refractivity contribution in [1.29, 1.82) is 0 Å². The molecule has 98 valence electrons. The molecule has 0 aromatic carbocycles. The Labute approximate surface area is 108 Å². The molecule has 18 heavy (non-hydrogen) atoms. The normalized spacial score (nSPS) is 23.6. The van der Waals surface area contributed by atoms with E-state index in [1.54, 1.807) is 12.3 Å². The van der Waals surface area contributed by atoms with Gasteiger partial charge >= 0.3 is 0 Å². The second kappa shape index (κ2) is 5.85. The lowest BCUT2D eigenvalue weighted by Crippen LogP contribution is -2.38. The first kappa shape index (κ1) is 12.9. The first-order valence-electron chi connectivity index (χ1n) is 6.71. The van der Waals surface area contributed by atoms with Crippen LogP contribution in [0.25, 0.3) is 0 Å². The molecule has 0 spiro atoms. The zero-order chi connectivity index (χ0) is 13.0. The van der Waals surface area contributed by atoms with Crippen LogP contribution < -0.4 is 11.1 Å². The number of carbonyl (C=O) groups is 1. The predicted octanol–water partition coefficient (Wildman–Crippen LogP) is 2.36. The molecule has 0 radical (unpaired) electrons. The van der Waals surface area contributed by atoms with Gasteiger partial charge in [0.15, 0.2) is 0 Å². The minimum Gasteiger partial charge on any atom is -0.398 e. The number of nitrogen functional groups attached to an aromatic ring is 1. The van der Waals surface area contributed by atoms with Crippen LogP contribution in [0, 0.1) is 5.92 Å². The van der Waals surface area contributed by atoms with E-state index in [0.717, 1.165) is 18.8 Å². The summed E-state index contributed by atoms with van der Waals surface area (Å²) in [5.74, 6) is 0.651. The Balaban J connectivity index is 1.97. The summed E-state index contributed by atoms with van der Waals surface area (Å²) < 4.78 is 0. The highest BCUT2D eigenvalue weighted by atomic mass is 16.1. The summed E-state index contributed by atoms with van der Waals surface area (Å²) in [5.41, 5.74) is 6.75. The van der Waals surface area contributed by atoms with E-state index in [-0.39, 0.29) is 11.9 Å². The fraction of sp³-hybridized carbons (Fsp3) is 0.571. The smallest absolute Gasteiger partial charge is 0.255 e. The maximum atomic E-state index is 12.1. The van der Waals surface area contributed by atoms with Crippen LogP contribution in [0.1, 0.15) is 49.4 Å². The van der Waals surface area contributed by atoms with Gasteiger partial charge < -0.3 is 11.1 Å². The van der Waals surface area contributed by atoms with Crippen molar-refractivity contribution in [3.63, 3.8) is 0 Å². The Morgan fingerprint density at radius 3 is 3.11 bits per heavy atom. The van der Waals surface area contributed by atoms with Crippen molar-refractivity contribution in [2.24, 2.45) is 5.92 Å².